The highest BCUT2D eigenvalue weighted by atomic mass is 35.5. The lowest BCUT2D eigenvalue weighted by molar-refractivity contribution is 0.503. The van der Waals surface area contributed by atoms with Crippen molar-refractivity contribution in [3.63, 3.8) is 0 Å². The molecule has 1 unspecified atom stereocenters. The van der Waals surface area contributed by atoms with E-state index in [1.165, 1.54) is 30.6 Å². The second kappa shape index (κ2) is 7.42. The molecule has 0 spiro atoms. The molecule has 1 aromatic rings. The summed E-state index contributed by atoms with van der Waals surface area (Å²) in [6.07, 6.45) is 4.04. The number of thioether (sulfide) groups is 1. The van der Waals surface area contributed by atoms with Crippen LogP contribution in [0.4, 0.5) is 0 Å². The third-order valence-corrected chi connectivity index (χ3v) is 4.84. The Bertz CT molecular complexity index is 365. The molecule has 0 radical (unpaired) electrons. The third-order valence-electron chi connectivity index (χ3n) is 3.36. The highest BCUT2D eigenvalue weighted by molar-refractivity contribution is 7.98. The standard InChI is InChI=1S/C15H22ClNS/c1-2-9-17-15(12-7-8-12)11-18-10-13-5-3-4-6-14(13)16/h3-6,12,15,17H,2,7-11H2,1H3. The van der Waals surface area contributed by atoms with Crippen molar-refractivity contribution in [1.82, 2.24) is 5.32 Å². The molecule has 0 aromatic heterocycles. The van der Waals surface area contributed by atoms with Crippen LogP contribution in [0, 0.1) is 5.92 Å². The van der Waals surface area contributed by atoms with Crippen LogP contribution in [-0.4, -0.2) is 18.3 Å². The first-order chi connectivity index (χ1) is 8.81. The summed E-state index contributed by atoms with van der Waals surface area (Å²) < 4.78 is 0. The molecule has 1 aromatic carbocycles. The fourth-order valence-electron chi connectivity index (χ4n) is 2.10. The maximum atomic E-state index is 6.17. The summed E-state index contributed by atoms with van der Waals surface area (Å²) in [4.78, 5) is 0. The summed E-state index contributed by atoms with van der Waals surface area (Å²) in [7, 11) is 0. The molecule has 0 amide bonds. The van der Waals surface area contributed by atoms with Crippen LogP contribution in [-0.2, 0) is 5.75 Å². The van der Waals surface area contributed by atoms with E-state index in [2.05, 4.69) is 24.4 Å². The van der Waals surface area contributed by atoms with E-state index in [1.807, 2.05) is 23.9 Å². The predicted molar refractivity (Wildman–Crippen MR) is 82.4 cm³/mol. The highest BCUT2D eigenvalue weighted by Gasteiger charge is 2.30. The van der Waals surface area contributed by atoms with Crippen LogP contribution >= 0.6 is 23.4 Å². The van der Waals surface area contributed by atoms with E-state index in [0.717, 1.165) is 23.2 Å². The zero-order valence-electron chi connectivity index (χ0n) is 11.0. The maximum Gasteiger partial charge on any atom is 0.0446 e. The van der Waals surface area contributed by atoms with Crippen LogP contribution in [0.1, 0.15) is 31.7 Å². The van der Waals surface area contributed by atoms with Crippen molar-refractivity contribution in [2.45, 2.75) is 38.0 Å². The average molecular weight is 284 g/mol. The van der Waals surface area contributed by atoms with Gasteiger partial charge in [0.05, 0.1) is 0 Å². The van der Waals surface area contributed by atoms with E-state index in [1.54, 1.807) is 0 Å². The van der Waals surface area contributed by atoms with Gasteiger partial charge in [-0.2, -0.15) is 11.8 Å². The number of hydrogen-bond acceptors (Lipinski definition) is 2. The minimum atomic E-state index is 0.706. The molecule has 1 fully saturated rings. The SMILES string of the molecule is CCCNC(CSCc1ccccc1Cl)C1CC1. The quantitative estimate of drug-likeness (QED) is 0.761. The summed E-state index contributed by atoms with van der Waals surface area (Å²) in [6, 6.07) is 8.87. The van der Waals surface area contributed by atoms with Crippen molar-refractivity contribution >= 4 is 23.4 Å². The van der Waals surface area contributed by atoms with Gasteiger partial charge in [0.25, 0.3) is 0 Å². The summed E-state index contributed by atoms with van der Waals surface area (Å²) in [5, 5.41) is 4.58. The largest absolute Gasteiger partial charge is 0.313 e. The van der Waals surface area contributed by atoms with Crippen molar-refractivity contribution in [2.24, 2.45) is 5.92 Å². The number of benzene rings is 1. The summed E-state index contributed by atoms with van der Waals surface area (Å²) in [6.45, 7) is 3.38. The van der Waals surface area contributed by atoms with Gasteiger partial charge in [-0.25, -0.2) is 0 Å². The van der Waals surface area contributed by atoms with Crippen LogP contribution in [0.3, 0.4) is 0 Å². The van der Waals surface area contributed by atoms with E-state index in [4.69, 9.17) is 11.6 Å². The number of halogens is 1. The molecule has 1 aliphatic rings. The zero-order valence-corrected chi connectivity index (χ0v) is 12.6. The molecule has 3 heteroatoms. The van der Waals surface area contributed by atoms with Crippen LogP contribution < -0.4 is 5.32 Å². The second-order valence-corrected chi connectivity index (χ2v) is 6.44. The Morgan fingerprint density at radius 1 is 1.39 bits per heavy atom. The number of nitrogens with one attached hydrogen (secondary N) is 1. The first kappa shape index (κ1) is 14.2. The average Bonchev–Trinajstić information content (AvgIpc) is 3.20. The van der Waals surface area contributed by atoms with Gasteiger partial charge in [0.15, 0.2) is 0 Å². The van der Waals surface area contributed by atoms with Crippen LogP contribution in [0.15, 0.2) is 24.3 Å². The summed E-state index contributed by atoms with van der Waals surface area (Å²) >= 11 is 8.17. The minimum Gasteiger partial charge on any atom is -0.313 e. The van der Waals surface area contributed by atoms with E-state index in [0.29, 0.717) is 6.04 Å². The van der Waals surface area contributed by atoms with Gasteiger partial charge >= 0.3 is 0 Å². The second-order valence-electron chi connectivity index (χ2n) is 5.00. The molecule has 1 N–H and O–H groups in total. The van der Waals surface area contributed by atoms with E-state index >= 15 is 0 Å². The van der Waals surface area contributed by atoms with E-state index < -0.39 is 0 Å². The van der Waals surface area contributed by atoms with Crippen molar-refractivity contribution in [2.75, 3.05) is 12.3 Å². The molecule has 18 heavy (non-hydrogen) atoms. The fourth-order valence-corrected chi connectivity index (χ4v) is 3.62. The Morgan fingerprint density at radius 3 is 2.83 bits per heavy atom. The predicted octanol–water partition coefficient (Wildman–Crippen LogP) is 4.35. The minimum absolute atomic E-state index is 0.706. The van der Waals surface area contributed by atoms with E-state index in [-0.39, 0.29) is 0 Å². The summed E-state index contributed by atoms with van der Waals surface area (Å²) in [5.41, 5.74) is 1.26. The topological polar surface area (TPSA) is 12.0 Å². The molecule has 0 heterocycles. The Kier molecular flexibility index (Phi) is 5.87. The molecule has 0 aliphatic heterocycles. The Hall–Kier alpha value is -0.180. The molecular formula is C15H22ClNS. The maximum absolute atomic E-state index is 6.17. The van der Waals surface area contributed by atoms with Gasteiger partial charge in [0.2, 0.25) is 0 Å². The lowest BCUT2D eigenvalue weighted by atomic mass is 10.2. The molecule has 1 aliphatic carbocycles. The van der Waals surface area contributed by atoms with Crippen molar-refractivity contribution in [3.05, 3.63) is 34.9 Å². The van der Waals surface area contributed by atoms with Gasteiger partial charge in [-0.1, -0.05) is 36.7 Å². The van der Waals surface area contributed by atoms with Gasteiger partial charge in [0.1, 0.15) is 0 Å². The Balaban J connectivity index is 1.74. The normalized spacial score (nSPS) is 16.8. The fraction of sp³-hybridized carbons (Fsp3) is 0.600. The first-order valence-corrected chi connectivity index (χ1v) is 8.39. The van der Waals surface area contributed by atoms with Gasteiger partial charge in [-0.05, 0) is 43.4 Å². The molecular weight excluding hydrogens is 262 g/mol. The molecule has 0 saturated heterocycles. The molecule has 100 valence electrons. The summed E-state index contributed by atoms with van der Waals surface area (Å²) in [5.74, 6) is 3.15. The molecule has 1 saturated carbocycles. The monoisotopic (exact) mass is 283 g/mol. The highest BCUT2D eigenvalue weighted by Crippen LogP contribution is 2.34. The first-order valence-electron chi connectivity index (χ1n) is 6.85. The van der Waals surface area contributed by atoms with Gasteiger partial charge in [0, 0.05) is 22.6 Å². The lowest BCUT2D eigenvalue weighted by Gasteiger charge is -2.17. The molecule has 1 atom stereocenters. The van der Waals surface area contributed by atoms with Crippen molar-refractivity contribution in [3.8, 4) is 0 Å². The van der Waals surface area contributed by atoms with Crippen molar-refractivity contribution < 1.29 is 0 Å². The number of hydrogen-bond donors (Lipinski definition) is 1. The van der Waals surface area contributed by atoms with Crippen molar-refractivity contribution in [1.29, 1.82) is 0 Å². The molecule has 0 bridgehead atoms. The van der Waals surface area contributed by atoms with E-state index in [9.17, 15) is 0 Å². The van der Waals surface area contributed by atoms with Gasteiger partial charge in [-0.15, -0.1) is 0 Å². The van der Waals surface area contributed by atoms with Gasteiger partial charge in [-0.3, -0.25) is 0 Å². The lowest BCUT2D eigenvalue weighted by Crippen LogP contribution is -2.33. The van der Waals surface area contributed by atoms with Crippen LogP contribution in [0.25, 0.3) is 0 Å². The zero-order chi connectivity index (χ0) is 12.8. The number of rotatable bonds is 8. The molecule has 2 rings (SSSR count). The third kappa shape index (κ3) is 4.49. The van der Waals surface area contributed by atoms with Crippen LogP contribution in [0.2, 0.25) is 5.02 Å². The Labute approximate surface area is 120 Å². The smallest absolute Gasteiger partial charge is 0.0446 e. The van der Waals surface area contributed by atoms with Gasteiger partial charge < -0.3 is 5.32 Å². The Morgan fingerprint density at radius 2 is 2.17 bits per heavy atom. The molecule has 1 nitrogen and oxygen atoms in total. The van der Waals surface area contributed by atoms with Crippen LogP contribution in [0.5, 0.6) is 0 Å².